The first-order valence-corrected chi connectivity index (χ1v) is 9.01. The van der Waals surface area contributed by atoms with Crippen LogP contribution in [0, 0.1) is 13.8 Å². The number of benzene rings is 1. The van der Waals surface area contributed by atoms with Gasteiger partial charge in [0.1, 0.15) is 0 Å². The molecule has 0 fully saturated rings. The van der Waals surface area contributed by atoms with Crippen LogP contribution in [-0.4, -0.2) is 22.4 Å². The lowest BCUT2D eigenvalue weighted by atomic mass is 9.87. The summed E-state index contributed by atoms with van der Waals surface area (Å²) in [5, 5.41) is 7.76. The fourth-order valence-electron chi connectivity index (χ4n) is 2.79. The third-order valence-corrected chi connectivity index (χ3v) is 4.40. The Labute approximate surface area is 156 Å². The molecule has 5 heteroatoms. The lowest BCUT2D eigenvalue weighted by Gasteiger charge is -2.20. The summed E-state index contributed by atoms with van der Waals surface area (Å²) in [5.74, 6) is 0. The van der Waals surface area contributed by atoms with E-state index in [0.717, 1.165) is 17.8 Å². The Morgan fingerprint density at radius 2 is 1.84 bits per heavy atom. The smallest absolute Gasteiger partial charge is 0.186 e. The van der Waals surface area contributed by atoms with Crippen molar-refractivity contribution in [3.63, 3.8) is 0 Å². The zero-order valence-corrected chi connectivity index (χ0v) is 16.8. The molecule has 134 valence electrons. The highest BCUT2D eigenvalue weighted by Gasteiger charge is 2.14. The predicted octanol–water partition coefficient (Wildman–Crippen LogP) is 4.21. The molecule has 0 atom stereocenters. The molecular weight excluding hydrogens is 328 g/mol. The van der Waals surface area contributed by atoms with Crippen LogP contribution in [0.2, 0.25) is 0 Å². The molecule has 0 radical (unpaired) electrons. The van der Waals surface area contributed by atoms with Crippen LogP contribution in [0.5, 0.6) is 0 Å². The number of nitrogens with zero attached hydrogens (tertiary/aromatic N) is 2. The molecule has 1 aromatic carbocycles. The lowest BCUT2D eigenvalue weighted by molar-refractivity contribution is 0.590. The molecule has 0 aliphatic heterocycles. The van der Waals surface area contributed by atoms with E-state index < -0.39 is 0 Å². The van der Waals surface area contributed by atoms with Crippen molar-refractivity contribution in [2.45, 2.75) is 47.0 Å². The van der Waals surface area contributed by atoms with Crippen molar-refractivity contribution < 1.29 is 0 Å². The molecule has 4 nitrogen and oxygen atoms in total. The maximum Gasteiger partial charge on any atom is 0.186 e. The van der Waals surface area contributed by atoms with Gasteiger partial charge in [0, 0.05) is 29.2 Å². The summed E-state index contributed by atoms with van der Waals surface area (Å²) in [7, 11) is 0. The number of nitrogens with one attached hydrogen (secondary N) is 2. The summed E-state index contributed by atoms with van der Waals surface area (Å²) in [4.78, 5) is 0. The summed E-state index contributed by atoms with van der Waals surface area (Å²) >= 11 is 5.11. The molecule has 25 heavy (non-hydrogen) atoms. The molecule has 0 saturated heterocycles. The van der Waals surface area contributed by atoms with Gasteiger partial charge in [-0.2, -0.15) is 5.10 Å². The average Bonchev–Trinajstić information content (AvgIpc) is 2.81. The normalized spacial score (nSPS) is 11.8. The molecule has 2 rings (SSSR count). The van der Waals surface area contributed by atoms with E-state index >= 15 is 0 Å². The topological polar surface area (TPSA) is 41.4 Å². The van der Waals surface area contributed by atoms with E-state index in [1.165, 1.54) is 16.9 Å². The molecule has 0 unspecified atom stereocenters. The summed E-state index contributed by atoms with van der Waals surface area (Å²) in [6, 6.07) is 10.9. The second-order valence-corrected chi connectivity index (χ2v) is 7.60. The van der Waals surface area contributed by atoms with E-state index in [1.54, 1.807) is 0 Å². The van der Waals surface area contributed by atoms with Gasteiger partial charge in [-0.15, -0.1) is 0 Å². The number of hydrogen-bond acceptors (Lipinski definition) is 2. The number of thiocarbonyl (C=S) groups is 1. The summed E-state index contributed by atoms with van der Waals surface area (Å²) in [6.45, 7) is 13.7. The Balaban J connectivity index is 2.24. The van der Waals surface area contributed by atoms with Gasteiger partial charge in [0.25, 0.3) is 0 Å². The van der Waals surface area contributed by atoms with Gasteiger partial charge in [-0.1, -0.05) is 32.9 Å². The first-order chi connectivity index (χ1) is 11.7. The Hall–Kier alpha value is -2.14. The zero-order valence-electron chi connectivity index (χ0n) is 16.0. The predicted molar refractivity (Wildman–Crippen MR) is 111 cm³/mol. The maximum atomic E-state index is 5.11. The molecular formula is C20H28N4S. The number of aryl methyl sites for hydroxylation is 1. The van der Waals surface area contributed by atoms with Gasteiger partial charge in [0.2, 0.25) is 0 Å². The number of hydrogen-bond donors (Lipinski definition) is 2. The van der Waals surface area contributed by atoms with Gasteiger partial charge >= 0.3 is 0 Å². The van der Waals surface area contributed by atoms with Gasteiger partial charge in [-0.25, -0.2) is 0 Å². The molecule has 0 saturated carbocycles. The third kappa shape index (κ3) is 4.69. The molecule has 0 aliphatic carbocycles. The zero-order chi connectivity index (χ0) is 18.6. The second kappa shape index (κ2) is 7.83. The van der Waals surface area contributed by atoms with E-state index in [0.29, 0.717) is 5.11 Å². The van der Waals surface area contributed by atoms with Gasteiger partial charge in [0.15, 0.2) is 5.11 Å². The minimum atomic E-state index is 0.160. The van der Waals surface area contributed by atoms with Crippen LogP contribution >= 0.6 is 12.2 Å². The Morgan fingerprint density at radius 3 is 2.40 bits per heavy atom. The van der Waals surface area contributed by atoms with Gasteiger partial charge < -0.3 is 9.88 Å². The van der Waals surface area contributed by atoms with E-state index in [2.05, 4.69) is 85.4 Å². The van der Waals surface area contributed by atoms with Crippen LogP contribution in [0.25, 0.3) is 5.69 Å². The summed E-state index contributed by atoms with van der Waals surface area (Å²) < 4.78 is 2.25. The Bertz CT molecular complexity index is 764. The van der Waals surface area contributed by atoms with Gasteiger partial charge in [0.05, 0.1) is 6.21 Å². The Kier molecular flexibility index (Phi) is 6.01. The van der Waals surface area contributed by atoms with Crippen molar-refractivity contribution in [1.82, 2.24) is 15.3 Å². The quantitative estimate of drug-likeness (QED) is 0.490. The minimum Gasteiger partial charge on any atom is -0.362 e. The van der Waals surface area contributed by atoms with E-state index in [9.17, 15) is 0 Å². The SMILES string of the molecule is CCNC(=S)N/N=C\c1cc(C)n(-c2ccc(C(C)(C)C)cc2)c1C. The van der Waals surface area contributed by atoms with Crippen LogP contribution in [0.3, 0.4) is 0 Å². The fraction of sp³-hybridized carbons (Fsp3) is 0.400. The highest BCUT2D eigenvalue weighted by molar-refractivity contribution is 7.80. The third-order valence-electron chi connectivity index (χ3n) is 4.17. The molecule has 2 aromatic rings. The minimum absolute atomic E-state index is 0.160. The van der Waals surface area contributed by atoms with Crippen molar-refractivity contribution in [2.24, 2.45) is 5.10 Å². The highest BCUT2D eigenvalue weighted by Crippen LogP contribution is 2.25. The number of aromatic nitrogens is 1. The fourth-order valence-corrected chi connectivity index (χ4v) is 2.98. The molecule has 2 N–H and O–H groups in total. The molecule has 0 amide bonds. The van der Waals surface area contributed by atoms with E-state index in [-0.39, 0.29) is 5.41 Å². The molecule has 1 heterocycles. The van der Waals surface area contributed by atoms with Crippen molar-refractivity contribution in [2.75, 3.05) is 6.54 Å². The largest absolute Gasteiger partial charge is 0.362 e. The molecule has 0 bridgehead atoms. The standard InChI is InChI=1S/C20H28N4S/c1-7-21-19(25)23-22-13-16-12-14(2)24(15(16)3)18-10-8-17(9-11-18)20(4,5)6/h8-13H,7H2,1-6H3,(H2,21,23,25)/b22-13-. The Morgan fingerprint density at radius 1 is 1.20 bits per heavy atom. The number of hydrazone groups is 1. The van der Waals surface area contributed by atoms with Crippen LogP contribution in [0.4, 0.5) is 0 Å². The first kappa shape index (κ1) is 19.2. The molecule has 0 aliphatic rings. The van der Waals surface area contributed by atoms with Crippen molar-refractivity contribution >= 4 is 23.5 Å². The van der Waals surface area contributed by atoms with Crippen LogP contribution in [0.1, 0.15) is 50.2 Å². The van der Waals surface area contributed by atoms with Gasteiger partial charge in [-0.05, 0) is 62.2 Å². The van der Waals surface area contributed by atoms with Gasteiger partial charge in [-0.3, -0.25) is 5.43 Å². The van der Waals surface area contributed by atoms with Crippen molar-refractivity contribution in [1.29, 1.82) is 0 Å². The summed E-state index contributed by atoms with van der Waals surface area (Å²) in [6.07, 6.45) is 1.81. The van der Waals surface area contributed by atoms with Crippen LogP contribution in [0.15, 0.2) is 35.4 Å². The monoisotopic (exact) mass is 356 g/mol. The van der Waals surface area contributed by atoms with Crippen LogP contribution < -0.4 is 10.7 Å². The maximum absolute atomic E-state index is 5.11. The van der Waals surface area contributed by atoms with Crippen molar-refractivity contribution in [3.8, 4) is 5.69 Å². The average molecular weight is 357 g/mol. The number of rotatable bonds is 4. The second-order valence-electron chi connectivity index (χ2n) is 7.19. The molecule has 1 aromatic heterocycles. The van der Waals surface area contributed by atoms with Crippen molar-refractivity contribution in [3.05, 3.63) is 52.8 Å². The van der Waals surface area contributed by atoms with E-state index in [1.807, 2.05) is 13.1 Å². The lowest BCUT2D eigenvalue weighted by Crippen LogP contribution is -2.31. The summed E-state index contributed by atoms with van der Waals surface area (Å²) in [5.41, 5.74) is 8.90. The highest BCUT2D eigenvalue weighted by atomic mass is 32.1. The first-order valence-electron chi connectivity index (χ1n) is 8.60. The van der Waals surface area contributed by atoms with E-state index in [4.69, 9.17) is 12.2 Å². The van der Waals surface area contributed by atoms with Crippen LogP contribution in [-0.2, 0) is 5.41 Å². The molecule has 0 spiro atoms.